The predicted molar refractivity (Wildman–Crippen MR) is 161 cm³/mol. The van der Waals surface area contributed by atoms with Crippen LogP contribution in [0, 0.1) is 11.3 Å². The minimum Gasteiger partial charge on any atom is -0.381 e. The van der Waals surface area contributed by atoms with Gasteiger partial charge in [-0.15, -0.1) is 0 Å². The van der Waals surface area contributed by atoms with Crippen molar-refractivity contribution in [2.24, 2.45) is 0 Å². The van der Waals surface area contributed by atoms with Crippen molar-refractivity contribution in [3.8, 4) is 6.07 Å². The van der Waals surface area contributed by atoms with Gasteiger partial charge in [0.1, 0.15) is 0 Å². The molecule has 0 aromatic heterocycles. The van der Waals surface area contributed by atoms with Crippen LogP contribution in [0.2, 0.25) is 0 Å². The van der Waals surface area contributed by atoms with Crippen molar-refractivity contribution in [1.82, 2.24) is 4.90 Å². The highest BCUT2D eigenvalue weighted by molar-refractivity contribution is 5.95. The van der Waals surface area contributed by atoms with Crippen molar-refractivity contribution in [2.45, 2.75) is 65.3 Å². The molecule has 0 saturated heterocycles. The first kappa shape index (κ1) is 28.9. The van der Waals surface area contributed by atoms with Crippen LogP contribution in [0.15, 0.2) is 66.7 Å². The third-order valence-electron chi connectivity index (χ3n) is 7.49. The van der Waals surface area contributed by atoms with Crippen molar-refractivity contribution in [1.29, 1.82) is 5.26 Å². The quantitative estimate of drug-likeness (QED) is 0.296. The number of rotatable bonds is 12. The number of benzene rings is 3. The van der Waals surface area contributed by atoms with Gasteiger partial charge in [0.25, 0.3) is 0 Å². The Morgan fingerprint density at radius 1 is 0.975 bits per heavy atom. The Hall–Kier alpha value is -4.11. The lowest BCUT2D eigenvalue weighted by atomic mass is 9.99. The molecule has 1 N–H and O–H groups in total. The number of nitrogens with one attached hydrogen (secondary N) is 1. The van der Waals surface area contributed by atoms with Crippen LogP contribution >= 0.6 is 0 Å². The highest BCUT2D eigenvalue weighted by Gasteiger charge is 2.22. The molecule has 0 radical (unpaired) electrons. The van der Waals surface area contributed by atoms with Gasteiger partial charge in [0.15, 0.2) is 0 Å². The van der Waals surface area contributed by atoms with E-state index < -0.39 is 0 Å². The first-order valence-electron chi connectivity index (χ1n) is 14.5. The number of nitrogens with zero attached hydrogens (tertiary/aromatic N) is 3. The summed E-state index contributed by atoms with van der Waals surface area (Å²) in [5, 5.41) is 12.5. The van der Waals surface area contributed by atoms with Gasteiger partial charge < -0.3 is 15.1 Å². The van der Waals surface area contributed by atoms with Crippen molar-refractivity contribution >= 4 is 23.2 Å². The molecular weight excluding hydrogens is 496 g/mol. The van der Waals surface area contributed by atoms with E-state index in [1.807, 2.05) is 40.1 Å². The highest BCUT2D eigenvalue weighted by Crippen LogP contribution is 2.31. The maximum atomic E-state index is 13.1. The molecule has 40 heavy (non-hydrogen) atoms. The number of anilines is 2. The van der Waals surface area contributed by atoms with Gasteiger partial charge in [0.05, 0.1) is 18.1 Å². The van der Waals surface area contributed by atoms with Gasteiger partial charge in [-0.1, -0.05) is 50.2 Å². The Labute approximate surface area is 238 Å². The lowest BCUT2D eigenvalue weighted by Gasteiger charge is -2.30. The van der Waals surface area contributed by atoms with Gasteiger partial charge in [-0.2, -0.15) is 5.26 Å². The van der Waals surface area contributed by atoms with Crippen molar-refractivity contribution in [2.75, 3.05) is 29.9 Å². The molecule has 3 aromatic carbocycles. The standard InChI is InChI=1S/C34H40N4O2/c1-3-19-37(20-4-2)34(40)23-28-8-5-6-9-30(28)25-36-31-16-17-32-29(22-31)10-7-21-38(32)33(39)18-15-26-11-13-27(24-35)14-12-26/h5-6,8-9,11-14,16-17,22,36H,3-4,7,10,15,18-21,23,25H2,1-2H3. The molecule has 0 bridgehead atoms. The van der Waals surface area contributed by atoms with E-state index in [1.54, 1.807) is 12.1 Å². The second-order valence-corrected chi connectivity index (χ2v) is 10.5. The fraction of sp³-hybridized carbons (Fsp3) is 0.382. The first-order chi connectivity index (χ1) is 19.5. The zero-order chi connectivity index (χ0) is 28.3. The number of carbonyl (C=O) groups excluding carboxylic acids is 2. The van der Waals surface area contributed by atoms with E-state index in [2.05, 4.69) is 49.5 Å². The maximum Gasteiger partial charge on any atom is 0.227 e. The van der Waals surface area contributed by atoms with E-state index in [0.29, 0.717) is 31.4 Å². The Kier molecular flexibility index (Phi) is 10.3. The SMILES string of the molecule is CCCN(CCC)C(=O)Cc1ccccc1CNc1ccc2c(c1)CCCN2C(=O)CCc1ccc(C#N)cc1. The lowest BCUT2D eigenvalue weighted by molar-refractivity contribution is -0.130. The molecule has 3 aromatic rings. The minimum atomic E-state index is 0.129. The molecule has 0 aliphatic carbocycles. The smallest absolute Gasteiger partial charge is 0.227 e. The lowest BCUT2D eigenvalue weighted by Crippen LogP contribution is -2.35. The molecule has 0 saturated carbocycles. The Bertz CT molecular complexity index is 1340. The normalized spacial score (nSPS) is 12.4. The molecule has 1 heterocycles. The molecular formula is C34H40N4O2. The van der Waals surface area contributed by atoms with Crippen LogP contribution in [0.1, 0.15) is 67.3 Å². The predicted octanol–water partition coefficient (Wildman–Crippen LogP) is 6.27. The summed E-state index contributed by atoms with van der Waals surface area (Å²) < 4.78 is 0. The summed E-state index contributed by atoms with van der Waals surface area (Å²) in [5.41, 5.74) is 7.09. The molecule has 6 nitrogen and oxygen atoms in total. The number of carbonyl (C=O) groups is 2. The number of nitriles is 1. The van der Waals surface area contributed by atoms with Gasteiger partial charge in [-0.3, -0.25) is 9.59 Å². The average Bonchev–Trinajstić information content (AvgIpc) is 2.99. The van der Waals surface area contributed by atoms with Crippen LogP contribution in [0.3, 0.4) is 0 Å². The van der Waals surface area contributed by atoms with Crippen LogP contribution in [0.25, 0.3) is 0 Å². The van der Waals surface area contributed by atoms with E-state index in [1.165, 1.54) is 5.56 Å². The van der Waals surface area contributed by atoms with Crippen molar-refractivity contribution < 1.29 is 9.59 Å². The Morgan fingerprint density at radius 2 is 1.70 bits per heavy atom. The molecule has 0 spiro atoms. The van der Waals surface area contributed by atoms with E-state index >= 15 is 0 Å². The monoisotopic (exact) mass is 536 g/mol. The topological polar surface area (TPSA) is 76.4 Å². The molecule has 0 fully saturated rings. The van der Waals surface area contributed by atoms with Crippen molar-refractivity contribution in [3.05, 3.63) is 94.5 Å². The van der Waals surface area contributed by atoms with E-state index in [0.717, 1.165) is 73.4 Å². The minimum absolute atomic E-state index is 0.129. The van der Waals surface area contributed by atoms with Crippen LogP contribution < -0.4 is 10.2 Å². The van der Waals surface area contributed by atoms with Crippen LogP contribution in [0.5, 0.6) is 0 Å². The van der Waals surface area contributed by atoms with E-state index in [-0.39, 0.29) is 11.8 Å². The summed E-state index contributed by atoms with van der Waals surface area (Å²) in [7, 11) is 0. The Morgan fingerprint density at radius 3 is 2.40 bits per heavy atom. The maximum absolute atomic E-state index is 13.1. The summed E-state index contributed by atoms with van der Waals surface area (Å²) in [4.78, 5) is 30.0. The fourth-order valence-corrected chi connectivity index (χ4v) is 5.37. The highest BCUT2D eigenvalue weighted by atomic mass is 16.2. The van der Waals surface area contributed by atoms with Gasteiger partial charge in [0, 0.05) is 44.0 Å². The molecule has 0 atom stereocenters. The number of aryl methyl sites for hydroxylation is 2. The number of hydrogen-bond acceptors (Lipinski definition) is 4. The summed E-state index contributed by atoms with van der Waals surface area (Å²) in [6.07, 6.45) is 5.33. The zero-order valence-corrected chi connectivity index (χ0v) is 23.8. The molecule has 2 amide bonds. The summed E-state index contributed by atoms with van der Waals surface area (Å²) in [6.45, 7) is 7.20. The van der Waals surface area contributed by atoms with Crippen molar-refractivity contribution in [3.63, 3.8) is 0 Å². The average molecular weight is 537 g/mol. The van der Waals surface area contributed by atoms with Gasteiger partial charge in [-0.25, -0.2) is 0 Å². The number of amides is 2. The zero-order valence-electron chi connectivity index (χ0n) is 23.8. The summed E-state index contributed by atoms with van der Waals surface area (Å²) in [5.74, 6) is 0.318. The molecule has 208 valence electrons. The number of fused-ring (bicyclic) bond motifs is 1. The summed E-state index contributed by atoms with van der Waals surface area (Å²) >= 11 is 0. The third kappa shape index (κ3) is 7.51. The van der Waals surface area contributed by atoms with Crippen LogP contribution in [-0.4, -0.2) is 36.3 Å². The molecule has 1 aliphatic heterocycles. The van der Waals surface area contributed by atoms with Crippen LogP contribution in [-0.2, 0) is 35.4 Å². The first-order valence-corrected chi connectivity index (χ1v) is 14.5. The molecule has 6 heteroatoms. The van der Waals surface area contributed by atoms with Gasteiger partial charge in [0.2, 0.25) is 11.8 Å². The van der Waals surface area contributed by atoms with E-state index in [9.17, 15) is 9.59 Å². The third-order valence-corrected chi connectivity index (χ3v) is 7.49. The summed E-state index contributed by atoms with van der Waals surface area (Å²) in [6, 6.07) is 24.0. The molecule has 1 aliphatic rings. The second kappa shape index (κ2) is 14.3. The largest absolute Gasteiger partial charge is 0.381 e. The van der Waals surface area contributed by atoms with Gasteiger partial charge >= 0.3 is 0 Å². The Balaban J connectivity index is 1.38. The fourth-order valence-electron chi connectivity index (χ4n) is 5.37. The van der Waals surface area contributed by atoms with E-state index in [4.69, 9.17) is 5.26 Å². The van der Waals surface area contributed by atoms with Gasteiger partial charge in [-0.05, 0) is 84.7 Å². The molecule has 0 unspecified atom stereocenters. The molecule has 4 rings (SSSR count). The van der Waals surface area contributed by atoms with Crippen LogP contribution in [0.4, 0.5) is 11.4 Å². The number of hydrogen-bond donors (Lipinski definition) is 1. The second-order valence-electron chi connectivity index (χ2n) is 10.5.